The molecule has 94 valence electrons. The second kappa shape index (κ2) is 5.60. The lowest BCUT2D eigenvalue weighted by Gasteiger charge is -2.06. The standard InChI is InChI=1S/C12H11BrN2O2S/c13-10-5-11(12(14)15-6-10)9-3-1-8(2-4-9)7-18(16)17/h1-6H,7H2,(H2,14,15)(H,16,17). The van der Waals surface area contributed by atoms with E-state index in [2.05, 4.69) is 20.9 Å². The van der Waals surface area contributed by atoms with Crippen LogP contribution in [0, 0.1) is 0 Å². The lowest BCUT2D eigenvalue weighted by atomic mass is 10.1. The first-order valence-electron chi connectivity index (χ1n) is 5.14. The molecule has 1 aromatic carbocycles. The molecule has 1 aromatic heterocycles. The van der Waals surface area contributed by atoms with Crippen LogP contribution in [0.25, 0.3) is 11.1 Å². The summed E-state index contributed by atoms with van der Waals surface area (Å²) in [6.45, 7) is 0. The molecule has 6 heteroatoms. The number of nitrogen functional groups attached to an aromatic ring is 1. The van der Waals surface area contributed by atoms with Crippen LogP contribution >= 0.6 is 15.9 Å². The van der Waals surface area contributed by atoms with E-state index in [1.54, 1.807) is 6.20 Å². The van der Waals surface area contributed by atoms with Gasteiger partial charge in [-0.25, -0.2) is 9.19 Å². The van der Waals surface area contributed by atoms with Gasteiger partial charge in [-0.2, -0.15) is 0 Å². The van der Waals surface area contributed by atoms with Gasteiger partial charge < -0.3 is 10.3 Å². The quantitative estimate of drug-likeness (QED) is 0.850. The molecular weight excluding hydrogens is 316 g/mol. The molecule has 0 spiro atoms. The molecule has 0 radical (unpaired) electrons. The Morgan fingerprint density at radius 1 is 1.33 bits per heavy atom. The maximum absolute atomic E-state index is 10.7. The third-order valence-corrected chi connectivity index (χ3v) is 3.45. The van der Waals surface area contributed by atoms with E-state index in [9.17, 15) is 4.21 Å². The molecule has 2 aromatic rings. The summed E-state index contributed by atoms with van der Waals surface area (Å²) in [6, 6.07) is 9.24. The third-order valence-electron chi connectivity index (χ3n) is 2.44. The largest absolute Gasteiger partial charge is 0.383 e. The Morgan fingerprint density at radius 2 is 2.00 bits per heavy atom. The summed E-state index contributed by atoms with van der Waals surface area (Å²) in [6.07, 6.45) is 1.64. The minimum atomic E-state index is -1.82. The highest BCUT2D eigenvalue weighted by Gasteiger charge is 2.05. The Kier molecular flexibility index (Phi) is 4.11. The van der Waals surface area contributed by atoms with Gasteiger partial charge in [-0.1, -0.05) is 24.3 Å². The van der Waals surface area contributed by atoms with E-state index >= 15 is 0 Å². The number of nitrogens with zero attached hydrogens (tertiary/aromatic N) is 1. The van der Waals surface area contributed by atoms with Crippen molar-refractivity contribution < 1.29 is 8.76 Å². The van der Waals surface area contributed by atoms with Crippen LogP contribution in [-0.4, -0.2) is 13.7 Å². The number of nitrogens with two attached hydrogens (primary N) is 1. The van der Waals surface area contributed by atoms with Gasteiger partial charge in [-0.05, 0) is 33.1 Å². The Bertz CT molecular complexity index is 587. The second-order valence-electron chi connectivity index (χ2n) is 3.75. The van der Waals surface area contributed by atoms with E-state index in [1.165, 1.54) is 0 Å². The van der Waals surface area contributed by atoms with Gasteiger partial charge in [0.25, 0.3) is 0 Å². The molecule has 0 saturated carbocycles. The summed E-state index contributed by atoms with van der Waals surface area (Å²) in [5.74, 6) is 0.587. The molecule has 1 heterocycles. The number of hydrogen-bond acceptors (Lipinski definition) is 3. The van der Waals surface area contributed by atoms with Gasteiger partial charge in [-0.15, -0.1) is 0 Å². The zero-order valence-corrected chi connectivity index (χ0v) is 11.7. The van der Waals surface area contributed by atoms with E-state index < -0.39 is 11.1 Å². The molecule has 0 aliphatic rings. The molecule has 0 aliphatic carbocycles. The van der Waals surface area contributed by atoms with Crippen molar-refractivity contribution in [2.75, 3.05) is 5.73 Å². The van der Waals surface area contributed by atoms with Crippen LogP contribution < -0.4 is 5.73 Å². The molecule has 2 rings (SSSR count). The van der Waals surface area contributed by atoms with Crippen LogP contribution in [0.4, 0.5) is 5.82 Å². The normalized spacial score (nSPS) is 12.3. The number of hydrogen-bond donors (Lipinski definition) is 2. The first kappa shape index (κ1) is 13.2. The Hall–Kier alpha value is -1.24. The minimum Gasteiger partial charge on any atom is -0.383 e. The second-order valence-corrected chi connectivity index (χ2v) is 5.60. The van der Waals surface area contributed by atoms with Crippen molar-refractivity contribution >= 4 is 32.8 Å². The van der Waals surface area contributed by atoms with Gasteiger partial charge in [-0.3, -0.25) is 0 Å². The van der Waals surface area contributed by atoms with Crippen molar-refractivity contribution in [1.29, 1.82) is 0 Å². The minimum absolute atomic E-state index is 0.131. The first-order chi connectivity index (χ1) is 8.56. The highest BCUT2D eigenvalue weighted by molar-refractivity contribution is 9.10. The fraction of sp³-hybridized carbons (Fsp3) is 0.0833. The van der Waals surface area contributed by atoms with Crippen molar-refractivity contribution in [3.05, 3.63) is 46.6 Å². The van der Waals surface area contributed by atoms with E-state index in [1.807, 2.05) is 30.3 Å². The van der Waals surface area contributed by atoms with Crippen LogP contribution in [0.15, 0.2) is 41.0 Å². The van der Waals surface area contributed by atoms with Gasteiger partial charge in [0.2, 0.25) is 0 Å². The smallest absolute Gasteiger partial charge is 0.157 e. The molecule has 0 bridgehead atoms. The number of benzene rings is 1. The summed E-state index contributed by atoms with van der Waals surface area (Å²) in [4.78, 5) is 4.07. The maximum Gasteiger partial charge on any atom is 0.157 e. The average molecular weight is 327 g/mol. The molecule has 3 N–H and O–H groups in total. The summed E-state index contributed by atoms with van der Waals surface area (Å²) < 4.78 is 20.4. The maximum atomic E-state index is 10.7. The first-order valence-corrected chi connectivity index (χ1v) is 7.21. The average Bonchev–Trinajstić information content (AvgIpc) is 2.33. The van der Waals surface area contributed by atoms with Gasteiger partial charge in [0.15, 0.2) is 11.1 Å². The van der Waals surface area contributed by atoms with Crippen molar-refractivity contribution in [3.8, 4) is 11.1 Å². The monoisotopic (exact) mass is 326 g/mol. The van der Waals surface area contributed by atoms with Gasteiger partial charge in [0.1, 0.15) is 5.82 Å². The molecular formula is C12H11BrN2O2S. The van der Waals surface area contributed by atoms with E-state index in [4.69, 9.17) is 10.3 Å². The fourth-order valence-electron chi connectivity index (χ4n) is 1.60. The van der Waals surface area contributed by atoms with Crippen LogP contribution in [0.3, 0.4) is 0 Å². The Balaban J connectivity index is 2.34. The summed E-state index contributed by atoms with van der Waals surface area (Å²) in [7, 11) is 0. The van der Waals surface area contributed by atoms with Crippen LogP contribution in [0.5, 0.6) is 0 Å². The van der Waals surface area contributed by atoms with Gasteiger partial charge >= 0.3 is 0 Å². The van der Waals surface area contributed by atoms with Gasteiger partial charge in [0.05, 0.1) is 5.75 Å². The topological polar surface area (TPSA) is 76.2 Å². The lowest BCUT2D eigenvalue weighted by molar-refractivity contribution is 0.563. The zero-order chi connectivity index (χ0) is 13.1. The predicted molar refractivity (Wildman–Crippen MR) is 76.3 cm³/mol. The summed E-state index contributed by atoms with van der Waals surface area (Å²) in [5.41, 5.74) is 8.39. The van der Waals surface area contributed by atoms with E-state index in [0.29, 0.717) is 5.82 Å². The highest BCUT2D eigenvalue weighted by atomic mass is 79.9. The van der Waals surface area contributed by atoms with Crippen molar-refractivity contribution in [3.63, 3.8) is 0 Å². The molecule has 0 aliphatic heterocycles. The molecule has 1 unspecified atom stereocenters. The van der Waals surface area contributed by atoms with E-state index in [-0.39, 0.29) is 5.75 Å². The van der Waals surface area contributed by atoms with Crippen LogP contribution in [0.2, 0.25) is 0 Å². The summed E-state index contributed by atoms with van der Waals surface area (Å²) in [5, 5.41) is 0. The summed E-state index contributed by atoms with van der Waals surface area (Å²) >= 11 is 1.53. The molecule has 18 heavy (non-hydrogen) atoms. The SMILES string of the molecule is Nc1ncc(Br)cc1-c1ccc(CS(=O)O)cc1. The number of anilines is 1. The highest BCUT2D eigenvalue weighted by Crippen LogP contribution is 2.27. The van der Waals surface area contributed by atoms with Crippen molar-refractivity contribution in [2.24, 2.45) is 0 Å². The van der Waals surface area contributed by atoms with Crippen LogP contribution in [0.1, 0.15) is 5.56 Å². The molecule has 4 nitrogen and oxygen atoms in total. The number of aromatic nitrogens is 1. The predicted octanol–water partition coefficient (Wildman–Crippen LogP) is 2.82. The molecule has 1 atom stereocenters. The Morgan fingerprint density at radius 3 is 2.61 bits per heavy atom. The lowest BCUT2D eigenvalue weighted by Crippen LogP contribution is -1.95. The van der Waals surface area contributed by atoms with Crippen molar-refractivity contribution in [1.82, 2.24) is 4.98 Å². The van der Waals surface area contributed by atoms with Gasteiger partial charge in [0, 0.05) is 16.2 Å². The number of pyridine rings is 1. The number of rotatable bonds is 3. The fourth-order valence-corrected chi connectivity index (χ4v) is 2.41. The third kappa shape index (κ3) is 3.16. The van der Waals surface area contributed by atoms with Crippen molar-refractivity contribution in [2.45, 2.75) is 5.75 Å². The molecule has 0 saturated heterocycles. The molecule has 0 fully saturated rings. The zero-order valence-electron chi connectivity index (χ0n) is 9.34. The molecule has 0 amide bonds. The Labute approximate surface area is 116 Å². The van der Waals surface area contributed by atoms with Crippen LogP contribution in [-0.2, 0) is 16.8 Å². The van der Waals surface area contributed by atoms with E-state index in [0.717, 1.165) is 21.2 Å². The number of halogens is 1.